The van der Waals surface area contributed by atoms with E-state index >= 15 is 0 Å². The number of benzene rings is 1. The van der Waals surface area contributed by atoms with Gasteiger partial charge < -0.3 is 14.2 Å². The highest BCUT2D eigenvalue weighted by Crippen LogP contribution is 2.23. The molecule has 1 aromatic rings. The lowest BCUT2D eigenvalue weighted by molar-refractivity contribution is -0.125. The summed E-state index contributed by atoms with van der Waals surface area (Å²) in [6.45, 7) is -0.0181. The summed E-state index contributed by atoms with van der Waals surface area (Å²) in [7, 11) is 1.51. The van der Waals surface area contributed by atoms with Gasteiger partial charge in [0, 0.05) is 10.0 Å². The van der Waals surface area contributed by atoms with E-state index in [0.29, 0.717) is 11.3 Å². The third-order valence-electron chi connectivity index (χ3n) is 1.73. The number of methoxy groups -OCH3 is 1. The molecule has 0 radical (unpaired) electrons. The zero-order valence-corrected chi connectivity index (χ0v) is 10.0. The molecule has 0 fully saturated rings. The van der Waals surface area contributed by atoms with Gasteiger partial charge in [0.25, 0.3) is 0 Å². The molecule has 86 valence electrons. The lowest BCUT2D eigenvalue weighted by Crippen LogP contribution is -2.06. The molecule has 5 nitrogen and oxygen atoms in total. The molecule has 0 bridgehead atoms. The van der Waals surface area contributed by atoms with Crippen LogP contribution in [0.5, 0.6) is 5.75 Å². The van der Waals surface area contributed by atoms with Crippen molar-refractivity contribution in [2.24, 2.45) is 0 Å². The quantitative estimate of drug-likeness (QED) is 0.483. The average Bonchev–Trinajstić information content (AvgIpc) is 2.27. The van der Waals surface area contributed by atoms with Crippen LogP contribution < -0.4 is 4.74 Å². The van der Waals surface area contributed by atoms with Gasteiger partial charge in [-0.25, -0.2) is 4.79 Å². The van der Waals surface area contributed by atoms with Crippen LogP contribution in [0.25, 0.3) is 0 Å². The summed E-state index contributed by atoms with van der Waals surface area (Å²) in [6, 6.07) is 5.27. The van der Waals surface area contributed by atoms with E-state index in [0.717, 1.165) is 4.47 Å². The van der Waals surface area contributed by atoms with Gasteiger partial charge in [0.2, 0.25) is 0 Å². The van der Waals surface area contributed by atoms with Crippen molar-refractivity contribution < 1.29 is 23.8 Å². The minimum absolute atomic E-state index is 0.0144. The number of ether oxygens (including phenoxy) is 3. The minimum atomic E-state index is -1.04. The Morgan fingerprint density at radius 3 is 2.88 bits per heavy atom. The standard InChI is InChI=1S/C10H9BrO5/c1-14-9-3-2-8(11)4-7(9)5-15-10(13)16-6-12/h2-4,6H,5H2,1H3. The summed E-state index contributed by atoms with van der Waals surface area (Å²) in [6.07, 6.45) is -1.04. The molecular weight excluding hydrogens is 280 g/mol. The summed E-state index contributed by atoms with van der Waals surface area (Å²) in [5.74, 6) is 0.585. The van der Waals surface area contributed by atoms with Crippen LogP contribution in [0.3, 0.4) is 0 Å². The van der Waals surface area contributed by atoms with Gasteiger partial charge in [-0.2, -0.15) is 0 Å². The zero-order chi connectivity index (χ0) is 12.0. The van der Waals surface area contributed by atoms with Crippen LogP contribution >= 0.6 is 15.9 Å². The van der Waals surface area contributed by atoms with Crippen molar-refractivity contribution in [1.82, 2.24) is 0 Å². The lowest BCUT2D eigenvalue weighted by Gasteiger charge is -2.08. The normalized spacial score (nSPS) is 9.38. The number of rotatable bonds is 4. The molecule has 0 N–H and O–H groups in total. The van der Waals surface area contributed by atoms with Gasteiger partial charge in [0.05, 0.1) is 7.11 Å². The van der Waals surface area contributed by atoms with Gasteiger partial charge >= 0.3 is 12.6 Å². The number of carbonyl (C=O) groups is 2. The largest absolute Gasteiger partial charge is 0.516 e. The minimum Gasteiger partial charge on any atom is -0.496 e. The van der Waals surface area contributed by atoms with E-state index in [9.17, 15) is 9.59 Å². The fourth-order valence-electron chi connectivity index (χ4n) is 1.07. The fourth-order valence-corrected chi connectivity index (χ4v) is 1.48. The highest BCUT2D eigenvalue weighted by molar-refractivity contribution is 9.10. The highest BCUT2D eigenvalue weighted by Gasteiger charge is 2.08. The van der Waals surface area contributed by atoms with E-state index in [-0.39, 0.29) is 13.1 Å². The molecule has 0 aromatic heterocycles. The molecule has 0 spiro atoms. The topological polar surface area (TPSA) is 61.8 Å². The molecule has 0 aliphatic heterocycles. The number of hydrogen-bond acceptors (Lipinski definition) is 5. The predicted molar refractivity (Wildman–Crippen MR) is 58.0 cm³/mol. The van der Waals surface area contributed by atoms with E-state index < -0.39 is 6.16 Å². The second kappa shape index (κ2) is 6.12. The van der Waals surface area contributed by atoms with Crippen LogP contribution in [0, 0.1) is 0 Å². The maximum atomic E-state index is 10.8. The molecule has 16 heavy (non-hydrogen) atoms. The van der Waals surface area contributed by atoms with Crippen LogP contribution in [0.2, 0.25) is 0 Å². The number of carbonyl (C=O) groups excluding carboxylic acids is 2. The zero-order valence-electron chi connectivity index (χ0n) is 8.44. The third-order valence-corrected chi connectivity index (χ3v) is 2.23. The Bertz CT molecular complexity index is 391. The first-order valence-corrected chi connectivity index (χ1v) is 5.06. The number of halogens is 1. The van der Waals surface area contributed by atoms with E-state index in [1.807, 2.05) is 0 Å². The Hall–Kier alpha value is -1.56. The first-order chi connectivity index (χ1) is 7.67. The molecule has 0 atom stereocenters. The molecule has 0 heterocycles. The molecular formula is C10H9BrO5. The molecule has 0 unspecified atom stereocenters. The summed E-state index contributed by atoms with van der Waals surface area (Å²) < 4.78 is 14.5. The monoisotopic (exact) mass is 288 g/mol. The number of hydrogen-bond donors (Lipinski definition) is 0. The second-order valence-electron chi connectivity index (χ2n) is 2.71. The molecule has 0 amide bonds. The Labute approximate surface area is 100 Å². The molecule has 6 heteroatoms. The van der Waals surface area contributed by atoms with Crippen molar-refractivity contribution in [2.45, 2.75) is 6.61 Å². The van der Waals surface area contributed by atoms with Gasteiger partial charge in [0.15, 0.2) is 0 Å². The van der Waals surface area contributed by atoms with E-state index in [1.54, 1.807) is 18.2 Å². The van der Waals surface area contributed by atoms with Gasteiger partial charge in [-0.05, 0) is 18.2 Å². The Kier molecular flexibility index (Phi) is 4.78. The van der Waals surface area contributed by atoms with Gasteiger partial charge in [-0.15, -0.1) is 0 Å². The van der Waals surface area contributed by atoms with Crippen molar-refractivity contribution in [2.75, 3.05) is 7.11 Å². The average molecular weight is 289 g/mol. The van der Waals surface area contributed by atoms with Gasteiger partial charge in [-0.1, -0.05) is 15.9 Å². The van der Waals surface area contributed by atoms with E-state index in [1.165, 1.54) is 7.11 Å². The van der Waals surface area contributed by atoms with Crippen LogP contribution in [0.4, 0.5) is 4.79 Å². The van der Waals surface area contributed by atoms with Crippen LogP contribution in [0.1, 0.15) is 5.56 Å². The maximum absolute atomic E-state index is 10.8. The second-order valence-corrected chi connectivity index (χ2v) is 3.62. The molecule has 0 aliphatic carbocycles. The smallest absolute Gasteiger partial charge is 0.496 e. The summed E-state index contributed by atoms with van der Waals surface area (Å²) >= 11 is 3.28. The molecule has 0 saturated heterocycles. The molecule has 0 aliphatic rings. The van der Waals surface area contributed by atoms with Crippen LogP contribution in [0.15, 0.2) is 22.7 Å². The van der Waals surface area contributed by atoms with Crippen molar-refractivity contribution in [3.05, 3.63) is 28.2 Å². The van der Waals surface area contributed by atoms with Gasteiger partial charge in [-0.3, -0.25) is 4.79 Å². The highest BCUT2D eigenvalue weighted by atomic mass is 79.9. The SMILES string of the molecule is COc1ccc(Br)cc1COC(=O)OC=O. The Balaban J connectivity index is 2.68. The Morgan fingerprint density at radius 2 is 2.25 bits per heavy atom. The van der Waals surface area contributed by atoms with Gasteiger partial charge in [0.1, 0.15) is 12.4 Å². The first kappa shape index (κ1) is 12.5. The van der Waals surface area contributed by atoms with E-state index in [4.69, 9.17) is 4.74 Å². The maximum Gasteiger partial charge on any atom is 0.516 e. The summed E-state index contributed by atoms with van der Waals surface area (Å²) in [5.41, 5.74) is 0.666. The molecule has 1 rings (SSSR count). The third kappa shape index (κ3) is 3.54. The van der Waals surface area contributed by atoms with Crippen LogP contribution in [-0.2, 0) is 20.9 Å². The molecule has 0 saturated carbocycles. The Morgan fingerprint density at radius 1 is 1.50 bits per heavy atom. The fraction of sp³-hybridized carbons (Fsp3) is 0.200. The van der Waals surface area contributed by atoms with Crippen molar-refractivity contribution in [3.63, 3.8) is 0 Å². The first-order valence-electron chi connectivity index (χ1n) is 4.27. The summed E-state index contributed by atoms with van der Waals surface area (Å²) in [4.78, 5) is 20.6. The molecule has 1 aromatic carbocycles. The van der Waals surface area contributed by atoms with Crippen molar-refractivity contribution >= 4 is 28.6 Å². The van der Waals surface area contributed by atoms with Crippen molar-refractivity contribution in [1.29, 1.82) is 0 Å². The van der Waals surface area contributed by atoms with E-state index in [2.05, 4.69) is 25.4 Å². The van der Waals surface area contributed by atoms with Crippen molar-refractivity contribution in [3.8, 4) is 5.75 Å². The van der Waals surface area contributed by atoms with Crippen LogP contribution in [-0.4, -0.2) is 19.7 Å². The summed E-state index contributed by atoms with van der Waals surface area (Å²) in [5, 5.41) is 0. The lowest BCUT2D eigenvalue weighted by atomic mass is 10.2. The predicted octanol–water partition coefficient (Wildman–Crippen LogP) is 2.27.